The number of nitrogens with two attached hydrogens (primary N) is 1. The van der Waals surface area contributed by atoms with Gasteiger partial charge in [-0.2, -0.15) is 5.26 Å². The van der Waals surface area contributed by atoms with Crippen molar-refractivity contribution in [1.82, 2.24) is 9.97 Å². The second-order valence-electron chi connectivity index (χ2n) is 3.41. The molecule has 7 heteroatoms. The van der Waals surface area contributed by atoms with Crippen LogP contribution in [0.15, 0.2) is 30.5 Å². The van der Waals surface area contributed by atoms with E-state index in [4.69, 9.17) is 11.0 Å². The maximum atomic E-state index is 10.9. The predicted molar refractivity (Wildman–Crippen MR) is 63.2 cm³/mol. The van der Waals surface area contributed by atoms with Crippen molar-refractivity contribution in [2.24, 2.45) is 0 Å². The van der Waals surface area contributed by atoms with Gasteiger partial charge in [0, 0.05) is 5.56 Å². The highest BCUT2D eigenvalue weighted by molar-refractivity contribution is 5.70. The number of nitrogen functional groups attached to an aromatic ring is 1. The average Bonchev–Trinajstić information content (AvgIpc) is 2.38. The summed E-state index contributed by atoms with van der Waals surface area (Å²) in [6.07, 6.45) is 1.05. The Bertz CT molecular complexity index is 663. The molecule has 0 bridgehead atoms. The fraction of sp³-hybridized carbons (Fsp3) is 0. The second kappa shape index (κ2) is 4.47. The van der Waals surface area contributed by atoms with Crippen molar-refractivity contribution in [3.8, 4) is 17.3 Å². The number of hydrogen-bond acceptors (Lipinski definition) is 6. The number of nitrogens with zero attached hydrogens (tertiary/aromatic N) is 4. The Kier molecular flexibility index (Phi) is 2.85. The number of nitriles is 1. The molecule has 0 saturated heterocycles. The lowest BCUT2D eigenvalue weighted by molar-refractivity contribution is -0.384. The summed E-state index contributed by atoms with van der Waals surface area (Å²) >= 11 is 0. The SMILES string of the molecule is N#Cc1cccc(-c2nc(N)ncc2[N+](=O)[O-])c1. The van der Waals surface area contributed by atoms with E-state index >= 15 is 0 Å². The molecule has 0 aliphatic rings. The van der Waals surface area contributed by atoms with E-state index in [0.717, 1.165) is 6.20 Å². The smallest absolute Gasteiger partial charge is 0.313 e. The molecule has 0 aliphatic carbocycles. The third-order valence-electron chi connectivity index (χ3n) is 2.25. The van der Waals surface area contributed by atoms with Crippen LogP contribution in [0.25, 0.3) is 11.3 Å². The maximum Gasteiger partial charge on any atom is 0.313 e. The molecule has 0 atom stereocenters. The molecule has 1 heterocycles. The molecule has 0 spiro atoms. The summed E-state index contributed by atoms with van der Waals surface area (Å²) in [6, 6.07) is 8.30. The van der Waals surface area contributed by atoms with Crippen molar-refractivity contribution in [2.75, 3.05) is 5.73 Å². The largest absolute Gasteiger partial charge is 0.368 e. The van der Waals surface area contributed by atoms with Gasteiger partial charge in [-0.3, -0.25) is 10.1 Å². The van der Waals surface area contributed by atoms with Gasteiger partial charge in [0.15, 0.2) is 5.69 Å². The van der Waals surface area contributed by atoms with Crippen LogP contribution in [0.3, 0.4) is 0 Å². The van der Waals surface area contributed by atoms with Crippen LogP contribution >= 0.6 is 0 Å². The normalized spacial score (nSPS) is 9.72. The molecule has 1 aromatic carbocycles. The maximum absolute atomic E-state index is 10.9. The fourth-order valence-corrected chi connectivity index (χ4v) is 1.47. The Labute approximate surface area is 102 Å². The lowest BCUT2D eigenvalue weighted by Crippen LogP contribution is -2.01. The van der Waals surface area contributed by atoms with Crippen molar-refractivity contribution in [2.45, 2.75) is 0 Å². The third-order valence-corrected chi connectivity index (χ3v) is 2.25. The number of hydrogen-bond donors (Lipinski definition) is 1. The number of anilines is 1. The molecule has 2 aromatic rings. The number of rotatable bonds is 2. The van der Waals surface area contributed by atoms with E-state index in [1.54, 1.807) is 18.2 Å². The lowest BCUT2D eigenvalue weighted by Gasteiger charge is -2.03. The van der Waals surface area contributed by atoms with Crippen molar-refractivity contribution < 1.29 is 4.92 Å². The number of nitro groups is 1. The Morgan fingerprint density at radius 2 is 2.22 bits per heavy atom. The fourth-order valence-electron chi connectivity index (χ4n) is 1.47. The van der Waals surface area contributed by atoms with E-state index in [9.17, 15) is 10.1 Å². The molecule has 7 nitrogen and oxygen atoms in total. The highest BCUT2D eigenvalue weighted by atomic mass is 16.6. The monoisotopic (exact) mass is 241 g/mol. The Morgan fingerprint density at radius 3 is 2.89 bits per heavy atom. The third kappa shape index (κ3) is 2.08. The van der Waals surface area contributed by atoms with E-state index < -0.39 is 4.92 Å². The zero-order valence-electron chi connectivity index (χ0n) is 9.07. The van der Waals surface area contributed by atoms with E-state index in [1.165, 1.54) is 6.07 Å². The van der Waals surface area contributed by atoms with Crippen LogP contribution in [0.1, 0.15) is 5.56 Å². The summed E-state index contributed by atoms with van der Waals surface area (Å²) in [5.74, 6) is -0.0574. The Hall–Kier alpha value is -3.01. The van der Waals surface area contributed by atoms with Crippen molar-refractivity contribution in [1.29, 1.82) is 5.26 Å². The molecular weight excluding hydrogens is 234 g/mol. The predicted octanol–water partition coefficient (Wildman–Crippen LogP) is 1.51. The van der Waals surface area contributed by atoms with Gasteiger partial charge in [-0.05, 0) is 12.1 Å². The summed E-state index contributed by atoms with van der Waals surface area (Å²) in [5, 5.41) is 19.7. The van der Waals surface area contributed by atoms with Crippen molar-refractivity contribution in [3.05, 3.63) is 46.1 Å². The van der Waals surface area contributed by atoms with Crippen LogP contribution in [0.4, 0.5) is 11.6 Å². The van der Waals surface area contributed by atoms with E-state index in [1.807, 2.05) is 6.07 Å². The molecule has 2 rings (SSSR count). The van der Waals surface area contributed by atoms with Gasteiger partial charge < -0.3 is 5.73 Å². The summed E-state index contributed by atoms with van der Waals surface area (Å²) in [5.41, 5.74) is 6.12. The van der Waals surface area contributed by atoms with Gasteiger partial charge in [0.1, 0.15) is 6.20 Å². The van der Waals surface area contributed by atoms with Crippen LogP contribution < -0.4 is 5.73 Å². The quantitative estimate of drug-likeness (QED) is 0.628. The van der Waals surface area contributed by atoms with Crippen LogP contribution in [0.5, 0.6) is 0 Å². The Morgan fingerprint density at radius 1 is 1.44 bits per heavy atom. The molecule has 0 saturated carbocycles. The molecule has 1 aromatic heterocycles. The first-order valence-corrected chi connectivity index (χ1v) is 4.89. The van der Waals surface area contributed by atoms with E-state index in [-0.39, 0.29) is 17.3 Å². The first-order chi connectivity index (χ1) is 8.61. The molecule has 0 aliphatic heterocycles. The summed E-state index contributed by atoms with van der Waals surface area (Å²) in [4.78, 5) is 17.7. The first kappa shape index (κ1) is 11.5. The van der Waals surface area contributed by atoms with Crippen LogP contribution in [0, 0.1) is 21.4 Å². The molecular formula is C11H7N5O2. The van der Waals surface area contributed by atoms with Gasteiger partial charge in [-0.1, -0.05) is 12.1 Å². The van der Waals surface area contributed by atoms with Crippen molar-refractivity contribution >= 4 is 11.6 Å². The van der Waals surface area contributed by atoms with Gasteiger partial charge in [0.25, 0.3) is 0 Å². The minimum Gasteiger partial charge on any atom is -0.368 e. The zero-order valence-corrected chi connectivity index (χ0v) is 9.07. The van der Waals surface area contributed by atoms with Gasteiger partial charge in [-0.15, -0.1) is 0 Å². The molecule has 2 N–H and O–H groups in total. The lowest BCUT2D eigenvalue weighted by atomic mass is 10.1. The second-order valence-corrected chi connectivity index (χ2v) is 3.41. The highest BCUT2D eigenvalue weighted by Gasteiger charge is 2.18. The van der Waals surface area contributed by atoms with Gasteiger partial charge in [-0.25, -0.2) is 9.97 Å². The van der Waals surface area contributed by atoms with E-state index in [0.29, 0.717) is 11.1 Å². The molecule has 0 amide bonds. The van der Waals surface area contributed by atoms with Crippen LogP contribution in [-0.4, -0.2) is 14.9 Å². The van der Waals surface area contributed by atoms with Gasteiger partial charge >= 0.3 is 5.69 Å². The molecule has 0 radical (unpaired) electrons. The minimum atomic E-state index is -0.589. The number of aromatic nitrogens is 2. The zero-order chi connectivity index (χ0) is 13.1. The van der Waals surface area contributed by atoms with Crippen LogP contribution in [-0.2, 0) is 0 Å². The minimum absolute atomic E-state index is 0.0574. The molecule has 18 heavy (non-hydrogen) atoms. The molecule has 88 valence electrons. The topological polar surface area (TPSA) is 119 Å². The summed E-state index contributed by atoms with van der Waals surface area (Å²) in [7, 11) is 0. The Balaban J connectivity index is 2.66. The van der Waals surface area contributed by atoms with Crippen LogP contribution in [0.2, 0.25) is 0 Å². The standard InChI is InChI=1S/C11H7N5O2/c12-5-7-2-1-3-8(4-7)10-9(16(17)18)6-14-11(13)15-10/h1-4,6H,(H2,13,14,15). The first-order valence-electron chi connectivity index (χ1n) is 4.89. The summed E-state index contributed by atoms with van der Waals surface area (Å²) < 4.78 is 0. The highest BCUT2D eigenvalue weighted by Crippen LogP contribution is 2.27. The molecule has 0 unspecified atom stereocenters. The van der Waals surface area contributed by atoms with Gasteiger partial charge in [0.2, 0.25) is 5.95 Å². The summed E-state index contributed by atoms with van der Waals surface area (Å²) in [6.45, 7) is 0. The van der Waals surface area contributed by atoms with E-state index in [2.05, 4.69) is 9.97 Å². The van der Waals surface area contributed by atoms with Gasteiger partial charge in [0.05, 0.1) is 16.6 Å². The molecule has 0 fully saturated rings. The number of benzene rings is 1. The van der Waals surface area contributed by atoms with Crippen molar-refractivity contribution in [3.63, 3.8) is 0 Å². The average molecular weight is 241 g/mol.